The van der Waals surface area contributed by atoms with E-state index in [2.05, 4.69) is 15.6 Å². The van der Waals surface area contributed by atoms with Gasteiger partial charge in [-0.2, -0.15) is 13.2 Å². The molecule has 1 aromatic carbocycles. The Morgan fingerprint density at radius 1 is 1.00 bits per heavy atom. The summed E-state index contributed by atoms with van der Waals surface area (Å²) in [6.45, 7) is 0. The second kappa shape index (κ2) is 7.02. The molecule has 1 heterocycles. The fraction of sp³-hybridized carbons (Fsp3) is 0.500. The van der Waals surface area contributed by atoms with Gasteiger partial charge in [0.1, 0.15) is 5.69 Å². The standard InChI is InChI=1S/C20H22F3N3O/c21-20(22,23)18-11-17(15-3-1-2-4-16(15)26-18)24-13-7-9-14(10-8-13)25-19(27)12-5-6-12/h1-4,11-14H,5-10H2,(H,24,26)(H,25,27)/t13-,14+. The van der Waals surface area contributed by atoms with Gasteiger partial charge < -0.3 is 10.6 Å². The third kappa shape index (κ3) is 4.17. The molecular formula is C20H22F3N3O. The molecule has 2 fully saturated rings. The van der Waals surface area contributed by atoms with Crippen molar-refractivity contribution < 1.29 is 18.0 Å². The molecule has 0 saturated heterocycles. The van der Waals surface area contributed by atoms with Crippen LogP contribution in [-0.2, 0) is 11.0 Å². The van der Waals surface area contributed by atoms with Crippen molar-refractivity contribution in [2.45, 2.75) is 56.8 Å². The zero-order valence-electron chi connectivity index (χ0n) is 14.9. The molecule has 2 aromatic rings. The van der Waals surface area contributed by atoms with Crippen LogP contribution in [-0.4, -0.2) is 23.0 Å². The number of hydrogen-bond acceptors (Lipinski definition) is 3. The molecule has 1 aromatic heterocycles. The molecular weight excluding hydrogens is 355 g/mol. The van der Waals surface area contributed by atoms with Crippen LogP contribution in [0.5, 0.6) is 0 Å². The van der Waals surface area contributed by atoms with Crippen LogP contribution in [0.4, 0.5) is 18.9 Å². The smallest absolute Gasteiger partial charge is 0.382 e. The van der Waals surface area contributed by atoms with Crippen LogP contribution >= 0.6 is 0 Å². The average Bonchev–Trinajstić information content (AvgIpc) is 3.48. The van der Waals surface area contributed by atoms with E-state index in [1.807, 2.05) is 0 Å². The highest BCUT2D eigenvalue weighted by Crippen LogP contribution is 2.34. The molecule has 2 N–H and O–H groups in total. The van der Waals surface area contributed by atoms with Crippen LogP contribution in [0, 0.1) is 5.92 Å². The van der Waals surface area contributed by atoms with Gasteiger partial charge in [-0.3, -0.25) is 4.79 Å². The first-order valence-corrected chi connectivity index (χ1v) is 9.44. The molecule has 2 saturated carbocycles. The van der Waals surface area contributed by atoms with Crippen molar-refractivity contribution in [3.63, 3.8) is 0 Å². The maximum atomic E-state index is 13.2. The van der Waals surface area contributed by atoms with Gasteiger partial charge in [-0.1, -0.05) is 18.2 Å². The lowest BCUT2D eigenvalue weighted by atomic mass is 9.90. The van der Waals surface area contributed by atoms with Crippen molar-refractivity contribution >= 4 is 22.5 Å². The zero-order chi connectivity index (χ0) is 19.0. The Morgan fingerprint density at radius 3 is 2.33 bits per heavy atom. The first kappa shape index (κ1) is 18.1. The number of rotatable bonds is 4. The number of amides is 1. The lowest BCUT2D eigenvalue weighted by Gasteiger charge is -2.30. The number of carbonyl (C=O) groups is 1. The summed E-state index contributed by atoms with van der Waals surface area (Å²) in [7, 11) is 0. The van der Waals surface area contributed by atoms with Gasteiger partial charge in [0, 0.05) is 29.1 Å². The molecule has 0 atom stereocenters. The lowest BCUT2D eigenvalue weighted by Crippen LogP contribution is -2.40. The molecule has 4 rings (SSSR count). The third-order valence-corrected chi connectivity index (χ3v) is 5.39. The van der Waals surface area contributed by atoms with Gasteiger partial charge in [-0.15, -0.1) is 0 Å². The highest BCUT2D eigenvalue weighted by Gasteiger charge is 2.34. The Balaban J connectivity index is 1.46. The van der Waals surface area contributed by atoms with Crippen LogP contribution in [0.25, 0.3) is 10.9 Å². The number of fused-ring (bicyclic) bond motifs is 1. The Morgan fingerprint density at radius 2 is 1.67 bits per heavy atom. The van der Waals surface area contributed by atoms with E-state index in [1.54, 1.807) is 24.3 Å². The predicted molar refractivity (Wildman–Crippen MR) is 97.3 cm³/mol. The highest BCUT2D eigenvalue weighted by molar-refractivity contribution is 5.91. The third-order valence-electron chi connectivity index (χ3n) is 5.39. The fourth-order valence-electron chi connectivity index (χ4n) is 3.71. The van der Waals surface area contributed by atoms with Gasteiger partial charge >= 0.3 is 6.18 Å². The second-order valence-electron chi connectivity index (χ2n) is 7.55. The van der Waals surface area contributed by atoms with E-state index in [0.29, 0.717) is 16.6 Å². The number of nitrogens with zero attached hydrogens (tertiary/aromatic N) is 1. The van der Waals surface area contributed by atoms with Crippen LogP contribution < -0.4 is 10.6 Å². The summed E-state index contributed by atoms with van der Waals surface area (Å²) in [5.74, 6) is 0.353. The SMILES string of the molecule is O=C(N[C@H]1CC[C@@H](Nc2cc(C(F)(F)F)nc3ccccc23)CC1)C1CC1. The number of carbonyl (C=O) groups excluding carboxylic acids is 1. The summed E-state index contributed by atoms with van der Waals surface area (Å²) in [4.78, 5) is 15.6. The predicted octanol–water partition coefficient (Wildman–Crippen LogP) is 4.50. The molecule has 144 valence electrons. The number of pyridine rings is 1. The summed E-state index contributed by atoms with van der Waals surface area (Å²) in [6, 6.07) is 8.23. The zero-order valence-corrected chi connectivity index (χ0v) is 14.9. The summed E-state index contributed by atoms with van der Waals surface area (Å²) in [5, 5.41) is 7.08. The van der Waals surface area contributed by atoms with Gasteiger partial charge in [0.15, 0.2) is 0 Å². The maximum absolute atomic E-state index is 13.2. The van der Waals surface area contributed by atoms with Crippen LogP contribution in [0.1, 0.15) is 44.2 Å². The van der Waals surface area contributed by atoms with E-state index in [1.165, 1.54) is 0 Å². The van der Waals surface area contributed by atoms with Crippen molar-refractivity contribution in [2.75, 3.05) is 5.32 Å². The number of hydrogen-bond donors (Lipinski definition) is 2. The Bertz CT molecular complexity index is 840. The number of para-hydroxylation sites is 1. The number of aromatic nitrogens is 1. The summed E-state index contributed by atoms with van der Waals surface area (Å²) < 4.78 is 39.6. The first-order chi connectivity index (χ1) is 12.9. The molecule has 2 aliphatic carbocycles. The normalized spacial score (nSPS) is 23.2. The molecule has 7 heteroatoms. The summed E-state index contributed by atoms with van der Waals surface area (Å²) >= 11 is 0. The molecule has 0 aliphatic heterocycles. The quantitative estimate of drug-likeness (QED) is 0.825. The van der Waals surface area contributed by atoms with Gasteiger partial charge in [0.2, 0.25) is 5.91 Å². The molecule has 0 spiro atoms. The van der Waals surface area contributed by atoms with Gasteiger partial charge in [-0.25, -0.2) is 4.98 Å². The van der Waals surface area contributed by atoms with Crippen LogP contribution in [0.15, 0.2) is 30.3 Å². The minimum atomic E-state index is -4.48. The summed E-state index contributed by atoms with van der Waals surface area (Å²) in [5.41, 5.74) is -0.0762. The number of halogens is 3. The largest absolute Gasteiger partial charge is 0.433 e. The molecule has 2 aliphatic rings. The van der Waals surface area contributed by atoms with Crippen molar-refractivity contribution in [3.05, 3.63) is 36.0 Å². The molecule has 4 nitrogen and oxygen atoms in total. The van der Waals surface area contributed by atoms with Gasteiger partial charge in [-0.05, 0) is 50.7 Å². The van der Waals surface area contributed by atoms with Crippen molar-refractivity contribution in [1.82, 2.24) is 10.3 Å². The van der Waals surface area contributed by atoms with Crippen LogP contribution in [0.3, 0.4) is 0 Å². The molecule has 27 heavy (non-hydrogen) atoms. The van der Waals surface area contributed by atoms with E-state index in [4.69, 9.17) is 0 Å². The molecule has 0 bridgehead atoms. The first-order valence-electron chi connectivity index (χ1n) is 9.44. The lowest BCUT2D eigenvalue weighted by molar-refractivity contribution is -0.140. The minimum absolute atomic E-state index is 0.0889. The van der Waals surface area contributed by atoms with E-state index in [9.17, 15) is 18.0 Å². The monoisotopic (exact) mass is 377 g/mol. The van der Waals surface area contributed by atoms with E-state index in [-0.39, 0.29) is 23.9 Å². The van der Waals surface area contributed by atoms with Crippen molar-refractivity contribution in [2.24, 2.45) is 5.92 Å². The minimum Gasteiger partial charge on any atom is -0.382 e. The van der Waals surface area contributed by atoms with Crippen LogP contribution in [0.2, 0.25) is 0 Å². The number of benzene rings is 1. The molecule has 0 radical (unpaired) electrons. The van der Waals surface area contributed by atoms with E-state index < -0.39 is 11.9 Å². The van der Waals surface area contributed by atoms with Gasteiger partial charge in [0.25, 0.3) is 0 Å². The molecule has 1 amide bonds. The number of nitrogens with one attached hydrogen (secondary N) is 2. The van der Waals surface area contributed by atoms with Crippen molar-refractivity contribution in [3.8, 4) is 0 Å². The number of alkyl halides is 3. The van der Waals surface area contributed by atoms with E-state index in [0.717, 1.165) is 44.6 Å². The van der Waals surface area contributed by atoms with Gasteiger partial charge in [0.05, 0.1) is 5.52 Å². The Kier molecular flexibility index (Phi) is 4.70. The van der Waals surface area contributed by atoms with Crippen molar-refractivity contribution in [1.29, 1.82) is 0 Å². The second-order valence-corrected chi connectivity index (χ2v) is 7.55. The number of anilines is 1. The average molecular weight is 377 g/mol. The Labute approximate surface area is 155 Å². The van der Waals surface area contributed by atoms with E-state index >= 15 is 0 Å². The fourth-order valence-corrected chi connectivity index (χ4v) is 3.71. The molecule has 0 unspecified atom stereocenters. The maximum Gasteiger partial charge on any atom is 0.433 e. The Hall–Kier alpha value is -2.31. The highest BCUT2D eigenvalue weighted by atomic mass is 19.4. The summed E-state index contributed by atoms with van der Waals surface area (Å²) in [6.07, 6.45) is 0.793. The topological polar surface area (TPSA) is 54.0 Å².